The highest BCUT2D eigenvalue weighted by Crippen LogP contribution is 2.36. The Labute approximate surface area is 187 Å². The monoisotopic (exact) mass is 426 g/mol. The number of rotatable bonds is 4. The van der Waals surface area contributed by atoms with Crippen LogP contribution in [0, 0.1) is 6.92 Å². The van der Waals surface area contributed by atoms with E-state index in [1.807, 2.05) is 24.3 Å². The van der Waals surface area contributed by atoms with Crippen molar-refractivity contribution in [2.45, 2.75) is 31.8 Å². The molecule has 1 amide bonds. The third-order valence-electron chi connectivity index (χ3n) is 6.96. The molecule has 2 saturated heterocycles. The minimum atomic E-state index is 0.0368. The van der Waals surface area contributed by atoms with E-state index in [0.29, 0.717) is 24.5 Å². The van der Waals surface area contributed by atoms with Crippen LogP contribution in [0.1, 0.15) is 17.5 Å². The van der Waals surface area contributed by atoms with Gasteiger partial charge in [0, 0.05) is 54.0 Å². The Hall–Kier alpha value is -3.45. The molecule has 0 spiro atoms. The van der Waals surface area contributed by atoms with Crippen LogP contribution in [-0.2, 0) is 11.2 Å². The number of amides is 1. The molecule has 0 unspecified atom stereocenters. The van der Waals surface area contributed by atoms with Crippen LogP contribution in [0.25, 0.3) is 11.3 Å². The summed E-state index contributed by atoms with van der Waals surface area (Å²) in [7, 11) is 2.23. The number of hydrogen-bond acceptors (Lipinski definition) is 6. The van der Waals surface area contributed by atoms with Crippen LogP contribution >= 0.6 is 0 Å². The number of fused-ring (bicyclic) bond motifs is 3. The average molecular weight is 427 g/mol. The first kappa shape index (κ1) is 19.3. The smallest absolute Gasteiger partial charge is 0.228 e. The molecule has 3 aliphatic rings. The normalized spacial score (nSPS) is 21.7. The van der Waals surface area contributed by atoms with Crippen LogP contribution in [0.4, 0.5) is 23.0 Å². The molecule has 0 saturated carbocycles. The number of aryl methyl sites for hydroxylation is 1. The zero-order chi connectivity index (χ0) is 21.8. The lowest BCUT2D eigenvalue weighted by atomic mass is 10.1. The number of hydrogen-bond donors (Lipinski definition) is 2. The molecule has 2 aromatic carbocycles. The van der Waals surface area contributed by atoms with Crippen molar-refractivity contribution in [3.63, 3.8) is 0 Å². The lowest BCUT2D eigenvalue weighted by Crippen LogP contribution is -2.44. The second-order valence-electron chi connectivity index (χ2n) is 9.12. The van der Waals surface area contributed by atoms with Crippen molar-refractivity contribution in [2.24, 2.45) is 0 Å². The van der Waals surface area contributed by atoms with Gasteiger partial charge >= 0.3 is 0 Å². The van der Waals surface area contributed by atoms with Gasteiger partial charge in [0.1, 0.15) is 0 Å². The first-order valence-corrected chi connectivity index (χ1v) is 11.1. The number of nitrogens with one attached hydrogen (secondary N) is 2. The van der Waals surface area contributed by atoms with E-state index in [1.165, 1.54) is 17.7 Å². The van der Waals surface area contributed by atoms with Crippen LogP contribution in [0.5, 0.6) is 0 Å². The molecule has 4 heterocycles. The van der Waals surface area contributed by atoms with Gasteiger partial charge in [-0.05, 0) is 67.9 Å². The maximum absolute atomic E-state index is 11.6. The molecule has 7 heteroatoms. The molecule has 3 aliphatic heterocycles. The van der Waals surface area contributed by atoms with Crippen molar-refractivity contribution in [1.29, 1.82) is 0 Å². The summed E-state index contributed by atoms with van der Waals surface area (Å²) in [6, 6.07) is 15.7. The van der Waals surface area contributed by atoms with E-state index in [9.17, 15) is 4.79 Å². The van der Waals surface area contributed by atoms with E-state index >= 15 is 0 Å². The average Bonchev–Trinajstić information content (AvgIpc) is 3.46. The highest BCUT2D eigenvalue weighted by molar-refractivity contribution is 5.99. The zero-order valence-electron chi connectivity index (χ0n) is 18.3. The van der Waals surface area contributed by atoms with E-state index in [4.69, 9.17) is 4.98 Å². The molecule has 0 radical (unpaired) electrons. The molecule has 2 fully saturated rings. The number of benzene rings is 2. The summed E-state index contributed by atoms with van der Waals surface area (Å²) >= 11 is 0. The number of piperazine rings is 1. The summed E-state index contributed by atoms with van der Waals surface area (Å²) in [6.45, 7) is 4.44. The molecule has 2 N–H and O–H groups in total. The standard InChI is InChI=1S/C25H26N6O/c1-15-9-18(4-6-23(15)31-14-19-12-20(31)13-30(19)2)27-25-26-8-7-22(29-25)16-3-5-21-17(10-16)11-24(32)28-21/h3-10,19-20H,11-14H2,1-2H3,(H,28,32)(H,26,27,29)/t19-,20-/m0/s1. The molecule has 162 valence electrons. The number of nitrogens with zero attached hydrogens (tertiary/aromatic N) is 4. The molecule has 2 bridgehead atoms. The van der Waals surface area contributed by atoms with Crippen LogP contribution in [-0.4, -0.2) is 53.0 Å². The summed E-state index contributed by atoms with van der Waals surface area (Å²) in [6.07, 6.45) is 3.45. The molecule has 3 aromatic rings. The lowest BCUT2D eigenvalue weighted by molar-refractivity contribution is -0.115. The van der Waals surface area contributed by atoms with Crippen molar-refractivity contribution in [1.82, 2.24) is 14.9 Å². The summed E-state index contributed by atoms with van der Waals surface area (Å²) in [5, 5.41) is 6.23. The van der Waals surface area contributed by atoms with Gasteiger partial charge in [-0.1, -0.05) is 6.07 Å². The van der Waals surface area contributed by atoms with Crippen molar-refractivity contribution in [3.05, 3.63) is 59.8 Å². The number of likely N-dealkylation sites (N-methyl/N-ethyl adjacent to an activating group) is 1. The van der Waals surface area contributed by atoms with Gasteiger partial charge in [-0.15, -0.1) is 0 Å². The summed E-state index contributed by atoms with van der Waals surface area (Å²) in [4.78, 5) is 25.8. The minimum Gasteiger partial charge on any atom is -0.365 e. The molecule has 1 aromatic heterocycles. The predicted molar refractivity (Wildman–Crippen MR) is 126 cm³/mol. The molecular weight excluding hydrogens is 400 g/mol. The fraction of sp³-hybridized carbons (Fsp3) is 0.320. The quantitative estimate of drug-likeness (QED) is 0.664. The Morgan fingerprint density at radius 1 is 1.09 bits per heavy atom. The van der Waals surface area contributed by atoms with Gasteiger partial charge in [-0.3, -0.25) is 9.69 Å². The Morgan fingerprint density at radius 2 is 2.00 bits per heavy atom. The van der Waals surface area contributed by atoms with Crippen LogP contribution in [0.3, 0.4) is 0 Å². The fourth-order valence-electron chi connectivity index (χ4n) is 5.31. The zero-order valence-corrected chi connectivity index (χ0v) is 18.3. The Bertz CT molecular complexity index is 1220. The van der Waals surface area contributed by atoms with Crippen molar-refractivity contribution >= 4 is 28.9 Å². The summed E-state index contributed by atoms with van der Waals surface area (Å²) in [5.41, 5.74) is 7.27. The molecule has 2 atom stereocenters. The third kappa shape index (κ3) is 3.29. The number of aromatic nitrogens is 2. The maximum Gasteiger partial charge on any atom is 0.228 e. The van der Waals surface area contributed by atoms with E-state index in [1.54, 1.807) is 6.20 Å². The van der Waals surface area contributed by atoms with E-state index in [0.717, 1.165) is 41.3 Å². The second-order valence-corrected chi connectivity index (χ2v) is 9.12. The summed E-state index contributed by atoms with van der Waals surface area (Å²) < 4.78 is 0. The summed E-state index contributed by atoms with van der Waals surface area (Å²) in [5.74, 6) is 0.598. The van der Waals surface area contributed by atoms with Gasteiger partial charge in [-0.2, -0.15) is 0 Å². The lowest BCUT2D eigenvalue weighted by Gasteiger charge is -2.34. The van der Waals surface area contributed by atoms with Gasteiger partial charge in [-0.25, -0.2) is 9.97 Å². The first-order valence-electron chi connectivity index (χ1n) is 11.1. The van der Waals surface area contributed by atoms with E-state index in [2.05, 4.69) is 57.6 Å². The second kappa shape index (κ2) is 7.31. The maximum atomic E-state index is 11.6. The number of carbonyl (C=O) groups excluding carboxylic acids is 1. The van der Waals surface area contributed by atoms with Crippen LogP contribution < -0.4 is 15.5 Å². The predicted octanol–water partition coefficient (Wildman–Crippen LogP) is 3.58. The highest BCUT2D eigenvalue weighted by Gasteiger charge is 2.41. The Kier molecular flexibility index (Phi) is 4.40. The van der Waals surface area contributed by atoms with Gasteiger partial charge in [0.15, 0.2) is 0 Å². The van der Waals surface area contributed by atoms with Crippen molar-refractivity contribution in [3.8, 4) is 11.3 Å². The Morgan fingerprint density at radius 3 is 2.78 bits per heavy atom. The topological polar surface area (TPSA) is 73.4 Å². The minimum absolute atomic E-state index is 0.0368. The van der Waals surface area contributed by atoms with Gasteiger partial charge < -0.3 is 15.5 Å². The van der Waals surface area contributed by atoms with E-state index in [-0.39, 0.29) is 5.91 Å². The molecule has 0 aliphatic carbocycles. The van der Waals surface area contributed by atoms with E-state index < -0.39 is 0 Å². The number of anilines is 4. The van der Waals surface area contributed by atoms with Crippen molar-refractivity contribution in [2.75, 3.05) is 35.7 Å². The highest BCUT2D eigenvalue weighted by atomic mass is 16.1. The first-order chi connectivity index (χ1) is 15.5. The molecule has 6 rings (SSSR count). The SMILES string of the molecule is Cc1cc(Nc2nccc(-c3ccc4c(c3)CC(=O)N4)n2)ccc1N1C[C@@H]2C[C@H]1CN2C. The number of carbonyl (C=O) groups is 1. The molecule has 7 nitrogen and oxygen atoms in total. The third-order valence-corrected chi connectivity index (χ3v) is 6.96. The van der Waals surface area contributed by atoms with Crippen LogP contribution in [0.2, 0.25) is 0 Å². The van der Waals surface area contributed by atoms with Crippen molar-refractivity contribution < 1.29 is 4.79 Å². The fourth-order valence-corrected chi connectivity index (χ4v) is 5.31. The molecule has 32 heavy (non-hydrogen) atoms. The number of likely N-dealkylation sites (tertiary alicyclic amines) is 1. The Balaban J connectivity index is 1.21. The van der Waals surface area contributed by atoms with Gasteiger partial charge in [0.2, 0.25) is 11.9 Å². The molecular formula is C25H26N6O. The largest absolute Gasteiger partial charge is 0.365 e. The van der Waals surface area contributed by atoms with Gasteiger partial charge in [0.25, 0.3) is 0 Å². The van der Waals surface area contributed by atoms with Crippen LogP contribution in [0.15, 0.2) is 48.7 Å². The van der Waals surface area contributed by atoms with Gasteiger partial charge in [0.05, 0.1) is 12.1 Å².